The van der Waals surface area contributed by atoms with Gasteiger partial charge in [-0.05, 0) is 20.0 Å². The average molecular weight is 315 g/mol. The number of carbonyl (C=O) groups is 1. The minimum absolute atomic E-state index is 0.167. The van der Waals surface area contributed by atoms with E-state index in [1.54, 1.807) is 6.07 Å². The van der Waals surface area contributed by atoms with Gasteiger partial charge in [-0.2, -0.15) is 26.3 Å². The second-order valence-corrected chi connectivity index (χ2v) is 4.43. The van der Waals surface area contributed by atoms with E-state index in [0.29, 0.717) is 0 Å². The number of aldehydes is 1. The van der Waals surface area contributed by atoms with Gasteiger partial charge >= 0.3 is 12.4 Å². The Labute approximate surface area is 118 Å². The first kappa shape index (κ1) is 19.4. The smallest absolute Gasteiger partial charge is 0.298 e. The summed E-state index contributed by atoms with van der Waals surface area (Å²) in [4.78, 5) is 10.3. The van der Waals surface area contributed by atoms with Gasteiger partial charge in [0, 0.05) is 5.56 Å². The Hall–Kier alpha value is -1.57. The largest absolute Gasteiger partial charge is 0.401 e. The summed E-state index contributed by atoms with van der Waals surface area (Å²) in [5.41, 5.74) is 1.87. The van der Waals surface area contributed by atoms with Crippen molar-refractivity contribution in [2.45, 2.75) is 19.3 Å². The number of alkyl halides is 6. The SMILES string of the molecule is CN(CC(F)(F)F)CC(F)(F)F.Cc1cccc(C=O)c1. The number of hydrogen-bond donors (Lipinski definition) is 0. The Kier molecular flexibility index (Phi) is 7.42. The topological polar surface area (TPSA) is 20.3 Å². The molecule has 0 atom stereocenters. The number of hydrogen-bond acceptors (Lipinski definition) is 2. The van der Waals surface area contributed by atoms with Gasteiger partial charge in [-0.15, -0.1) is 0 Å². The molecule has 1 aromatic rings. The molecule has 1 rings (SSSR count). The van der Waals surface area contributed by atoms with Crippen LogP contribution in [0.5, 0.6) is 0 Å². The van der Waals surface area contributed by atoms with Crippen LogP contribution in [0.3, 0.4) is 0 Å². The number of carbonyl (C=O) groups excluding carboxylic acids is 1. The molecule has 0 aliphatic heterocycles. The van der Waals surface area contributed by atoms with Gasteiger partial charge in [0.25, 0.3) is 0 Å². The van der Waals surface area contributed by atoms with E-state index in [1.807, 2.05) is 25.1 Å². The average Bonchev–Trinajstić information content (AvgIpc) is 2.24. The first-order chi connectivity index (χ1) is 9.43. The van der Waals surface area contributed by atoms with Crippen molar-refractivity contribution in [2.24, 2.45) is 0 Å². The summed E-state index contributed by atoms with van der Waals surface area (Å²) in [6.45, 7) is -1.13. The van der Waals surface area contributed by atoms with Crippen LogP contribution in [0.1, 0.15) is 15.9 Å². The highest BCUT2D eigenvalue weighted by atomic mass is 19.4. The molecule has 120 valence electrons. The van der Waals surface area contributed by atoms with E-state index in [-0.39, 0.29) is 4.90 Å². The number of nitrogens with zero attached hydrogens (tertiary/aromatic N) is 1. The lowest BCUT2D eigenvalue weighted by Gasteiger charge is -2.19. The maximum absolute atomic E-state index is 11.5. The number of benzene rings is 1. The highest BCUT2D eigenvalue weighted by molar-refractivity contribution is 5.74. The maximum atomic E-state index is 11.5. The van der Waals surface area contributed by atoms with Gasteiger partial charge in [0.05, 0.1) is 13.1 Å². The number of rotatable bonds is 3. The molecule has 8 heteroatoms. The van der Waals surface area contributed by atoms with Crippen LogP contribution < -0.4 is 0 Å². The summed E-state index contributed by atoms with van der Waals surface area (Å²) < 4.78 is 68.8. The van der Waals surface area contributed by atoms with E-state index in [0.717, 1.165) is 24.5 Å². The summed E-state index contributed by atoms with van der Waals surface area (Å²) in [6, 6.07) is 7.49. The summed E-state index contributed by atoms with van der Waals surface area (Å²) in [5, 5.41) is 0. The zero-order valence-corrected chi connectivity index (χ0v) is 11.4. The molecule has 0 unspecified atom stereocenters. The molecular weight excluding hydrogens is 300 g/mol. The summed E-state index contributed by atoms with van der Waals surface area (Å²) in [5.74, 6) is 0. The minimum atomic E-state index is -4.58. The molecule has 21 heavy (non-hydrogen) atoms. The quantitative estimate of drug-likeness (QED) is 0.624. The predicted molar refractivity (Wildman–Crippen MR) is 66.2 cm³/mol. The van der Waals surface area contributed by atoms with E-state index in [4.69, 9.17) is 0 Å². The van der Waals surface area contributed by atoms with Crippen molar-refractivity contribution in [1.29, 1.82) is 0 Å². The van der Waals surface area contributed by atoms with E-state index < -0.39 is 25.4 Å². The van der Waals surface area contributed by atoms with Crippen LogP contribution in [0.15, 0.2) is 24.3 Å². The van der Waals surface area contributed by atoms with Crippen molar-refractivity contribution < 1.29 is 31.1 Å². The van der Waals surface area contributed by atoms with Crippen molar-refractivity contribution in [3.8, 4) is 0 Å². The lowest BCUT2D eigenvalue weighted by molar-refractivity contribution is -0.175. The standard InChI is InChI=1S/C8H8O.C5H7F6N/c1-7-3-2-4-8(5-7)6-9;1-12(2-4(6,7)8)3-5(9,10)11/h2-6H,1H3;2-3H2,1H3. The van der Waals surface area contributed by atoms with Gasteiger partial charge in [-0.3, -0.25) is 9.69 Å². The van der Waals surface area contributed by atoms with Crippen LogP contribution in [-0.2, 0) is 0 Å². The molecule has 0 amide bonds. The normalized spacial score (nSPS) is 11.9. The van der Waals surface area contributed by atoms with Crippen LogP contribution in [-0.4, -0.2) is 43.7 Å². The van der Waals surface area contributed by atoms with E-state index in [1.165, 1.54) is 0 Å². The lowest BCUT2D eigenvalue weighted by atomic mass is 10.2. The summed E-state index contributed by atoms with van der Waals surface area (Å²) >= 11 is 0. The zero-order chi connectivity index (χ0) is 16.7. The highest BCUT2D eigenvalue weighted by Gasteiger charge is 2.35. The molecule has 1 aromatic carbocycles. The molecule has 0 aliphatic carbocycles. The maximum Gasteiger partial charge on any atom is 0.401 e. The van der Waals surface area contributed by atoms with Crippen LogP contribution in [0.25, 0.3) is 0 Å². The Balaban J connectivity index is 0.000000394. The third kappa shape index (κ3) is 11.9. The molecule has 0 N–H and O–H groups in total. The fourth-order valence-corrected chi connectivity index (χ4v) is 1.41. The Morgan fingerprint density at radius 2 is 1.52 bits per heavy atom. The van der Waals surface area contributed by atoms with Crippen molar-refractivity contribution in [3.63, 3.8) is 0 Å². The first-order valence-corrected chi connectivity index (χ1v) is 5.77. The Bertz CT molecular complexity index is 425. The molecule has 0 heterocycles. The molecule has 0 bridgehead atoms. The second kappa shape index (κ2) is 8.02. The van der Waals surface area contributed by atoms with Crippen molar-refractivity contribution in [1.82, 2.24) is 4.90 Å². The van der Waals surface area contributed by atoms with Crippen molar-refractivity contribution in [3.05, 3.63) is 35.4 Å². The molecule has 0 aliphatic rings. The van der Waals surface area contributed by atoms with Crippen LogP contribution in [0, 0.1) is 6.92 Å². The minimum Gasteiger partial charge on any atom is -0.298 e. The van der Waals surface area contributed by atoms with Crippen LogP contribution in [0.4, 0.5) is 26.3 Å². The Morgan fingerprint density at radius 1 is 1.05 bits per heavy atom. The van der Waals surface area contributed by atoms with Gasteiger partial charge in [0.15, 0.2) is 0 Å². The van der Waals surface area contributed by atoms with Crippen molar-refractivity contribution >= 4 is 6.29 Å². The fourth-order valence-electron chi connectivity index (χ4n) is 1.41. The van der Waals surface area contributed by atoms with Gasteiger partial charge in [0.2, 0.25) is 0 Å². The van der Waals surface area contributed by atoms with E-state index >= 15 is 0 Å². The van der Waals surface area contributed by atoms with Crippen LogP contribution in [0.2, 0.25) is 0 Å². The van der Waals surface area contributed by atoms with E-state index in [2.05, 4.69) is 0 Å². The first-order valence-electron chi connectivity index (χ1n) is 5.77. The van der Waals surface area contributed by atoms with E-state index in [9.17, 15) is 31.1 Å². The monoisotopic (exact) mass is 315 g/mol. The van der Waals surface area contributed by atoms with Crippen LogP contribution >= 0.6 is 0 Å². The highest BCUT2D eigenvalue weighted by Crippen LogP contribution is 2.20. The van der Waals surface area contributed by atoms with Gasteiger partial charge in [-0.1, -0.05) is 23.8 Å². The molecule has 0 saturated heterocycles. The number of halogens is 6. The zero-order valence-electron chi connectivity index (χ0n) is 11.4. The molecule has 2 nitrogen and oxygen atoms in total. The molecule has 0 saturated carbocycles. The Morgan fingerprint density at radius 3 is 1.81 bits per heavy atom. The second-order valence-electron chi connectivity index (χ2n) is 4.43. The summed E-state index contributed by atoms with van der Waals surface area (Å²) in [6.07, 6.45) is -8.31. The molecular formula is C13H15F6NO. The van der Waals surface area contributed by atoms with Crippen molar-refractivity contribution in [2.75, 3.05) is 20.1 Å². The van der Waals surface area contributed by atoms with Gasteiger partial charge in [-0.25, -0.2) is 0 Å². The number of aryl methyl sites for hydroxylation is 1. The fraction of sp³-hybridized carbons (Fsp3) is 0.462. The van der Waals surface area contributed by atoms with Gasteiger partial charge in [0.1, 0.15) is 6.29 Å². The third-order valence-corrected chi connectivity index (χ3v) is 2.08. The molecule has 0 aromatic heterocycles. The molecule has 0 radical (unpaired) electrons. The molecule has 0 fully saturated rings. The lowest BCUT2D eigenvalue weighted by Crippen LogP contribution is -2.37. The third-order valence-electron chi connectivity index (χ3n) is 2.08. The summed E-state index contributed by atoms with van der Waals surface area (Å²) in [7, 11) is 0.765. The predicted octanol–water partition coefficient (Wildman–Crippen LogP) is 3.85. The molecule has 0 spiro atoms. The van der Waals surface area contributed by atoms with Gasteiger partial charge < -0.3 is 0 Å².